The van der Waals surface area contributed by atoms with E-state index < -0.39 is 5.97 Å². The number of Topliss-reactive ketones (excluding diaryl/α,β-unsaturated/α-hetero) is 1. The molecule has 0 spiro atoms. The van der Waals surface area contributed by atoms with Gasteiger partial charge in [-0.2, -0.15) is 0 Å². The first kappa shape index (κ1) is 25.9. The Morgan fingerprint density at radius 1 is 0.900 bits per heavy atom. The van der Waals surface area contributed by atoms with E-state index in [0.717, 1.165) is 25.1 Å². The van der Waals surface area contributed by atoms with E-state index in [9.17, 15) is 9.59 Å². The number of anilines is 1. The van der Waals surface area contributed by atoms with Gasteiger partial charge in [0.25, 0.3) is 0 Å². The van der Waals surface area contributed by atoms with Crippen LogP contribution < -0.4 is 5.32 Å². The molecule has 0 bridgehead atoms. The Labute approximate surface area is 183 Å². The van der Waals surface area contributed by atoms with Crippen molar-refractivity contribution in [3.05, 3.63) is 42.0 Å². The number of carbonyl (C=O) groups is 2. The number of benzene rings is 1. The van der Waals surface area contributed by atoms with Crippen LogP contribution >= 0.6 is 0 Å². The zero-order chi connectivity index (χ0) is 21.9. The molecule has 0 aliphatic heterocycles. The van der Waals surface area contributed by atoms with Crippen LogP contribution in [0.4, 0.5) is 5.69 Å². The number of allylic oxidation sites excluding steroid dienone is 2. The molecule has 0 aliphatic rings. The zero-order valence-electron chi connectivity index (χ0n) is 19.1. The van der Waals surface area contributed by atoms with Gasteiger partial charge in [0.1, 0.15) is 6.42 Å². The number of carbonyl (C=O) groups excluding carboxylic acids is 2. The molecule has 0 heterocycles. The van der Waals surface area contributed by atoms with Gasteiger partial charge in [0, 0.05) is 17.8 Å². The summed E-state index contributed by atoms with van der Waals surface area (Å²) < 4.78 is 4.84. The first-order valence-electron chi connectivity index (χ1n) is 11.8. The first-order chi connectivity index (χ1) is 14.7. The Kier molecular flexibility index (Phi) is 15.3. The predicted molar refractivity (Wildman–Crippen MR) is 126 cm³/mol. The molecule has 0 saturated carbocycles. The van der Waals surface area contributed by atoms with Gasteiger partial charge in [0.05, 0.1) is 6.61 Å². The summed E-state index contributed by atoms with van der Waals surface area (Å²) in [7, 11) is 0. The van der Waals surface area contributed by atoms with Gasteiger partial charge >= 0.3 is 5.97 Å². The Hall–Kier alpha value is -2.10. The molecule has 0 unspecified atom stereocenters. The third kappa shape index (κ3) is 13.2. The molecule has 4 heteroatoms. The van der Waals surface area contributed by atoms with Gasteiger partial charge in [-0.25, -0.2) is 0 Å². The third-order valence-corrected chi connectivity index (χ3v) is 5.06. The number of hydrogen-bond donors (Lipinski definition) is 1. The summed E-state index contributed by atoms with van der Waals surface area (Å²) in [6.45, 7) is 5.15. The number of unbranched alkanes of at least 4 members (excludes halogenated alkanes) is 9. The minimum atomic E-state index is -0.473. The minimum absolute atomic E-state index is 0.207. The summed E-state index contributed by atoms with van der Waals surface area (Å²) >= 11 is 0. The highest BCUT2D eigenvalue weighted by Crippen LogP contribution is 2.13. The van der Waals surface area contributed by atoms with Crippen molar-refractivity contribution in [1.82, 2.24) is 0 Å². The van der Waals surface area contributed by atoms with E-state index in [1.807, 2.05) is 12.1 Å². The van der Waals surface area contributed by atoms with Crippen LogP contribution in [-0.2, 0) is 9.53 Å². The SMILES string of the molecule is CCCCCCCCCCC=CCCCNc1cccc(C(=O)CC(=O)OCC)c1. The van der Waals surface area contributed by atoms with Gasteiger partial charge in [-0.05, 0) is 44.7 Å². The maximum Gasteiger partial charge on any atom is 0.313 e. The number of ether oxygens (including phenoxy) is 1. The average molecular weight is 416 g/mol. The fourth-order valence-corrected chi connectivity index (χ4v) is 3.33. The molecule has 0 fully saturated rings. The lowest BCUT2D eigenvalue weighted by atomic mass is 10.1. The maximum absolute atomic E-state index is 12.1. The molecule has 0 atom stereocenters. The highest BCUT2D eigenvalue weighted by molar-refractivity contribution is 6.06. The van der Waals surface area contributed by atoms with Crippen LogP contribution in [-0.4, -0.2) is 24.9 Å². The molecular formula is C26H41NO3. The van der Waals surface area contributed by atoms with E-state index in [-0.39, 0.29) is 12.2 Å². The Morgan fingerprint density at radius 3 is 2.27 bits per heavy atom. The van der Waals surface area contributed by atoms with Gasteiger partial charge in [0.2, 0.25) is 0 Å². The van der Waals surface area contributed by atoms with Gasteiger partial charge in [-0.3, -0.25) is 9.59 Å². The van der Waals surface area contributed by atoms with Gasteiger partial charge in [-0.1, -0.05) is 76.2 Å². The van der Waals surface area contributed by atoms with Gasteiger partial charge in [-0.15, -0.1) is 0 Å². The number of nitrogens with one attached hydrogen (secondary N) is 1. The largest absolute Gasteiger partial charge is 0.466 e. The van der Waals surface area contributed by atoms with E-state index in [2.05, 4.69) is 24.4 Å². The minimum Gasteiger partial charge on any atom is -0.466 e. The lowest BCUT2D eigenvalue weighted by Crippen LogP contribution is -2.11. The second-order valence-corrected chi connectivity index (χ2v) is 7.79. The van der Waals surface area contributed by atoms with Crippen molar-refractivity contribution in [2.24, 2.45) is 0 Å². The van der Waals surface area contributed by atoms with E-state index >= 15 is 0 Å². The lowest BCUT2D eigenvalue weighted by molar-refractivity contribution is -0.141. The highest BCUT2D eigenvalue weighted by Gasteiger charge is 2.12. The smallest absolute Gasteiger partial charge is 0.313 e. The summed E-state index contributed by atoms with van der Waals surface area (Å²) in [6, 6.07) is 7.32. The Morgan fingerprint density at radius 2 is 1.57 bits per heavy atom. The average Bonchev–Trinajstić information content (AvgIpc) is 2.74. The maximum atomic E-state index is 12.1. The highest BCUT2D eigenvalue weighted by atomic mass is 16.5. The van der Waals surface area contributed by atoms with Crippen molar-refractivity contribution in [2.45, 2.75) is 90.9 Å². The number of ketones is 1. The number of esters is 1. The van der Waals surface area contributed by atoms with Crippen molar-refractivity contribution in [1.29, 1.82) is 0 Å². The summed E-state index contributed by atoms with van der Waals surface area (Å²) in [4.78, 5) is 23.6. The fraction of sp³-hybridized carbons (Fsp3) is 0.615. The van der Waals surface area contributed by atoms with Crippen LogP contribution in [0.1, 0.15) is 101 Å². The van der Waals surface area contributed by atoms with Crippen molar-refractivity contribution in [2.75, 3.05) is 18.5 Å². The molecule has 1 rings (SSSR count). The van der Waals surface area contributed by atoms with Crippen LogP contribution in [0.25, 0.3) is 0 Å². The second kappa shape index (κ2) is 17.7. The lowest BCUT2D eigenvalue weighted by Gasteiger charge is -2.07. The van der Waals surface area contributed by atoms with Crippen molar-refractivity contribution >= 4 is 17.4 Å². The summed E-state index contributed by atoms with van der Waals surface area (Å²) in [5, 5.41) is 3.36. The molecule has 4 nitrogen and oxygen atoms in total. The molecule has 0 amide bonds. The van der Waals surface area contributed by atoms with E-state index in [1.165, 1.54) is 57.8 Å². The molecule has 0 aromatic heterocycles. The van der Waals surface area contributed by atoms with Gasteiger partial charge < -0.3 is 10.1 Å². The molecule has 168 valence electrons. The predicted octanol–water partition coefficient (Wildman–Crippen LogP) is 7.10. The fourth-order valence-electron chi connectivity index (χ4n) is 3.33. The van der Waals surface area contributed by atoms with Gasteiger partial charge in [0.15, 0.2) is 5.78 Å². The Balaban J connectivity index is 2.10. The molecule has 1 aromatic rings. The zero-order valence-corrected chi connectivity index (χ0v) is 19.1. The van der Waals surface area contributed by atoms with E-state index in [0.29, 0.717) is 12.2 Å². The Bertz CT molecular complexity index is 624. The third-order valence-electron chi connectivity index (χ3n) is 5.06. The van der Waals surface area contributed by atoms with Crippen molar-refractivity contribution in [3.63, 3.8) is 0 Å². The molecule has 0 aliphatic carbocycles. The second-order valence-electron chi connectivity index (χ2n) is 7.79. The topological polar surface area (TPSA) is 55.4 Å². The molecule has 0 radical (unpaired) electrons. The van der Waals surface area contributed by atoms with Crippen LogP contribution in [0, 0.1) is 0 Å². The molecular weight excluding hydrogens is 374 g/mol. The molecule has 30 heavy (non-hydrogen) atoms. The summed E-state index contributed by atoms with van der Waals surface area (Å²) in [6.07, 6.45) is 18.6. The monoisotopic (exact) mass is 415 g/mol. The summed E-state index contributed by atoms with van der Waals surface area (Å²) in [5.74, 6) is -0.680. The number of rotatable bonds is 18. The van der Waals surface area contributed by atoms with Crippen LogP contribution in [0.15, 0.2) is 36.4 Å². The quantitative estimate of drug-likeness (QED) is 0.0913. The standard InChI is InChI=1S/C26H41NO3/c1-3-5-6-7-8-9-10-11-12-13-14-15-16-20-27-24-19-17-18-23(21-24)25(28)22-26(29)30-4-2/h13-14,17-19,21,27H,3-12,15-16,20,22H2,1-2H3. The molecule has 1 N–H and O–H groups in total. The van der Waals surface area contributed by atoms with Crippen LogP contribution in [0.3, 0.4) is 0 Å². The van der Waals surface area contributed by atoms with Crippen LogP contribution in [0.5, 0.6) is 0 Å². The van der Waals surface area contributed by atoms with E-state index in [4.69, 9.17) is 4.74 Å². The number of hydrogen-bond acceptors (Lipinski definition) is 4. The molecule has 1 aromatic carbocycles. The summed E-state index contributed by atoms with van der Waals surface area (Å²) in [5.41, 5.74) is 1.45. The van der Waals surface area contributed by atoms with Crippen molar-refractivity contribution in [3.8, 4) is 0 Å². The first-order valence-corrected chi connectivity index (χ1v) is 11.8. The molecule has 0 saturated heterocycles. The van der Waals surface area contributed by atoms with Crippen molar-refractivity contribution < 1.29 is 14.3 Å². The normalized spacial score (nSPS) is 11.0. The van der Waals surface area contributed by atoms with Crippen LogP contribution in [0.2, 0.25) is 0 Å². The van der Waals surface area contributed by atoms with E-state index in [1.54, 1.807) is 19.1 Å².